The van der Waals surface area contributed by atoms with E-state index in [9.17, 15) is 13.2 Å². The predicted molar refractivity (Wildman–Crippen MR) is 53.0 cm³/mol. The molecule has 0 bridgehead atoms. The molecule has 0 saturated carbocycles. The van der Waals surface area contributed by atoms with Crippen molar-refractivity contribution in [2.75, 3.05) is 0 Å². The molecule has 1 aromatic heterocycles. The van der Waals surface area contributed by atoms with Crippen LogP contribution in [-0.2, 0) is 0 Å². The van der Waals surface area contributed by atoms with Crippen molar-refractivity contribution in [3.63, 3.8) is 0 Å². The number of benzene rings is 1. The molecule has 90 valence electrons. The van der Waals surface area contributed by atoms with Crippen LogP contribution in [0.3, 0.4) is 0 Å². The molecule has 3 nitrogen and oxygen atoms in total. The van der Waals surface area contributed by atoms with Crippen molar-refractivity contribution in [3.05, 3.63) is 42.4 Å². The normalized spacial score (nSPS) is 13.6. The molecule has 0 radical (unpaired) electrons. The minimum atomic E-state index is -4.78. The fourth-order valence-corrected chi connectivity index (χ4v) is 1.29. The van der Waals surface area contributed by atoms with E-state index in [1.165, 1.54) is 0 Å². The summed E-state index contributed by atoms with van der Waals surface area (Å²) >= 11 is 0. The van der Waals surface area contributed by atoms with Gasteiger partial charge >= 0.3 is 6.18 Å². The monoisotopic (exact) mass is 243 g/mol. The number of aliphatic hydroxyl groups excluding tert-OH is 1. The van der Waals surface area contributed by atoms with Gasteiger partial charge in [-0.3, -0.25) is 0 Å². The summed E-state index contributed by atoms with van der Waals surface area (Å²) in [5.74, 6) is -0.569. The maximum Gasteiger partial charge on any atom is 0.423 e. The molecule has 1 atom stereocenters. The number of aliphatic hydroxyl groups is 1. The lowest BCUT2D eigenvalue weighted by molar-refractivity contribution is -0.212. The largest absolute Gasteiger partial charge is 0.437 e. The summed E-state index contributed by atoms with van der Waals surface area (Å²) in [6, 6.07) is 8.55. The third-order valence-electron chi connectivity index (χ3n) is 2.13. The molecule has 0 fully saturated rings. The summed E-state index contributed by atoms with van der Waals surface area (Å²) in [7, 11) is 0. The van der Waals surface area contributed by atoms with Crippen LogP contribution in [0.1, 0.15) is 12.0 Å². The van der Waals surface area contributed by atoms with Crippen LogP contribution >= 0.6 is 0 Å². The number of hydrogen-bond donors (Lipinski definition) is 1. The SMILES string of the molecule is OC(c1ncc(-c2ccccc2)o1)C(F)(F)F. The number of oxazole rings is 1. The number of halogens is 3. The van der Waals surface area contributed by atoms with Crippen molar-refractivity contribution in [2.45, 2.75) is 12.3 Å². The number of alkyl halides is 3. The third kappa shape index (κ3) is 2.47. The van der Waals surface area contributed by atoms with Crippen LogP contribution in [0.25, 0.3) is 11.3 Å². The summed E-state index contributed by atoms with van der Waals surface area (Å²) < 4.78 is 41.5. The van der Waals surface area contributed by atoms with Gasteiger partial charge < -0.3 is 9.52 Å². The van der Waals surface area contributed by atoms with Gasteiger partial charge in [0.15, 0.2) is 5.76 Å². The second-order valence-electron chi connectivity index (χ2n) is 3.37. The minimum Gasteiger partial charge on any atom is -0.437 e. The standard InChI is InChI=1S/C11H8F3NO2/c12-11(13,14)9(16)10-15-6-8(17-10)7-4-2-1-3-5-7/h1-6,9,16H. The summed E-state index contributed by atoms with van der Waals surface area (Å²) in [5, 5.41) is 8.94. The van der Waals surface area contributed by atoms with Crippen LogP contribution in [0.15, 0.2) is 40.9 Å². The summed E-state index contributed by atoms with van der Waals surface area (Å²) in [6.07, 6.45) is -6.32. The van der Waals surface area contributed by atoms with Gasteiger partial charge in [-0.1, -0.05) is 30.3 Å². The first-order valence-corrected chi connectivity index (χ1v) is 4.74. The van der Waals surface area contributed by atoms with Gasteiger partial charge in [0.25, 0.3) is 0 Å². The average Bonchev–Trinajstić information content (AvgIpc) is 2.77. The predicted octanol–water partition coefficient (Wildman–Crippen LogP) is 2.94. The number of aromatic nitrogens is 1. The Bertz CT molecular complexity index is 493. The smallest absolute Gasteiger partial charge is 0.423 e. The first-order valence-electron chi connectivity index (χ1n) is 4.74. The van der Waals surface area contributed by atoms with E-state index < -0.39 is 18.2 Å². The molecule has 2 aromatic rings. The Morgan fingerprint density at radius 3 is 2.41 bits per heavy atom. The molecule has 0 aliphatic carbocycles. The highest BCUT2D eigenvalue weighted by molar-refractivity contribution is 5.55. The Labute approximate surface area is 94.5 Å². The molecule has 6 heteroatoms. The second kappa shape index (κ2) is 4.21. The molecule has 0 saturated heterocycles. The van der Waals surface area contributed by atoms with Gasteiger partial charge in [-0.05, 0) is 0 Å². The van der Waals surface area contributed by atoms with E-state index in [0.29, 0.717) is 5.56 Å². The van der Waals surface area contributed by atoms with Gasteiger partial charge in [0.1, 0.15) is 0 Å². The Balaban J connectivity index is 2.28. The van der Waals surface area contributed by atoms with Crippen molar-refractivity contribution in [1.82, 2.24) is 4.98 Å². The first-order chi connectivity index (χ1) is 7.98. The van der Waals surface area contributed by atoms with Gasteiger partial charge in [0.05, 0.1) is 6.20 Å². The van der Waals surface area contributed by atoms with E-state index >= 15 is 0 Å². The van der Waals surface area contributed by atoms with Gasteiger partial charge in [0, 0.05) is 5.56 Å². The molecular weight excluding hydrogens is 235 g/mol. The van der Waals surface area contributed by atoms with Crippen molar-refractivity contribution in [3.8, 4) is 11.3 Å². The Kier molecular flexibility index (Phi) is 2.89. The Morgan fingerprint density at radius 2 is 1.82 bits per heavy atom. The van der Waals surface area contributed by atoms with E-state index in [0.717, 1.165) is 6.20 Å². The molecule has 0 aliphatic rings. The summed E-state index contributed by atoms with van der Waals surface area (Å²) in [6.45, 7) is 0. The number of hydrogen-bond acceptors (Lipinski definition) is 3. The number of nitrogens with zero attached hydrogens (tertiary/aromatic N) is 1. The molecule has 1 aromatic carbocycles. The van der Waals surface area contributed by atoms with Gasteiger partial charge in [-0.15, -0.1) is 0 Å². The average molecular weight is 243 g/mol. The van der Waals surface area contributed by atoms with Crippen molar-refractivity contribution < 1.29 is 22.7 Å². The van der Waals surface area contributed by atoms with Gasteiger partial charge in [0.2, 0.25) is 12.0 Å². The maximum absolute atomic E-state index is 12.2. The van der Waals surface area contributed by atoms with E-state index in [-0.39, 0.29) is 5.76 Å². The van der Waals surface area contributed by atoms with Crippen LogP contribution in [0.2, 0.25) is 0 Å². The highest BCUT2D eigenvalue weighted by atomic mass is 19.4. The van der Waals surface area contributed by atoms with Crippen LogP contribution in [0.4, 0.5) is 13.2 Å². The fraction of sp³-hybridized carbons (Fsp3) is 0.182. The Hall–Kier alpha value is -1.82. The van der Waals surface area contributed by atoms with Crippen LogP contribution in [-0.4, -0.2) is 16.3 Å². The molecule has 1 N–H and O–H groups in total. The summed E-state index contributed by atoms with van der Waals surface area (Å²) in [5.41, 5.74) is 0.598. The molecule has 0 aliphatic heterocycles. The van der Waals surface area contributed by atoms with E-state index in [2.05, 4.69) is 4.98 Å². The number of rotatable bonds is 2. The van der Waals surface area contributed by atoms with E-state index in [1.807, 2.05) is 0 Å². The van der Waals surface area contributed by atoms with Crippen LogP contribution in [0.5, 0.6) is 0 Å². The zero-order valence-electron chi connectivity index (χ0n) is 8.48. The molecular formula is C11H8F3NO2. The highest BCUT2D eigenvalue weighted by Gasteiger charge is 2.42. The molecule has 0 spiro atoms. The van der Waals surface area contributed by atoms with Gasteiger partial charge in [-0.2, -0.15) is 13.2 Å². The lowest BCUT2D eigenvalue weighted by atomic mass is 10.2. The quantitative estimate of drug-likeness (QED) is 0.882. The molecule has 1 unspecified atom stereocenters. The van der Waals surface area contributed by atoms with E-state index in [4.69, 9.17) is 9.52 Å². The second-order valence-corrected chi connectivity index (χ2v) is 3.37. The molecule has 1 heterocycles. The molecule has 17 heavy (non-hydrogen) atoms. The van der Waals surface area contributed by atoms with Crippen molar-refractivity contribution in [2.24, 2.45) is 0 Å². The Morgan fingerprint density at radius 1 is 1.18 bits per heavy atom. The minimum absolute atomic E-state index is 0.184. The van der Waals surface area contributed by atoms with Crippen LogP contribution < -0.4 is 0 Å². The summed E-state index contributed by atoms with van der Waals surface area (Å²) in [4.78, 5) is 3.42. The maximum atomic E-state index is 12.2. The van der Waals surface area contributed by atoms with Crippen molar-refractivity contribution in [1.29, 1.82) is 0 Å². The zero-order valence-corrected chi connectivity index (χ0v) is 8.48. The topological polar surface area (TPSA) is 46.3 Å². The molecule has 2 rings (SSSR count). The first kappa shape index (κ1) is 11.7. The van der Waals surface area contributed by atoms with E-state index in [1.54, 1.807) is 30.3 Å². The lowest BCUT2D eigenvalue weighted by Crippen LogP contribution is -2.20. The molecule has 0 amide bonds. The third-order valence-corrected chi connectivity index (χ3v) is 2.13. The highest BCUT2D eigenvalue weighted by Crippen LogP contribution is 2.33. The lowest BCUT2D eigenvalue weighted by Gasteiger charge is -2.10. The fourth-order valence-electron chi connectivity index (χ4n) is 1.29. The van der Waals surface area contributed by atoms with Crippen molar-refractivity contribution >= 4 is 0 Å². The van der Waals surface area contributed by atoms with Crippen LogP contribution in [0, 0.1) is 0 Å². The van der Waals surface area contributed by atoms with Gasteiger partial charge in [-0.25, -0.2) is 4.98 Å². The zero-order chi connectivity index (χ0) is 12.5.